The van der Waals surface area contributed by atoms with E-state index in [4.69, 9.17) is 22.1 Å². The topological polar surface area (TPSA) is 35.2 Å². The second-order valence-corrected chi connectivity index (χ2v) is 4.58. The summed E-state index contributed by atoms with van der Waals surface area (Å²) in [6.45, 7) is 0. The first-order valence-electron chi connectivity index (χ1n) is 5.58. The Bertz CT molecular complexity index is 708. The van der Waals surface area contributed by atoms with Gasteiger partial charge in [0.1, 0.15) is 11.6 Å². The van der Waals surface area contributed by atoms with E-state index in [0.29, 0.717) is 0 Å². The van der Waals surface area contributed by atoms with Crippen LogP contribution in [0.5, 0.6) is 11.5 Å². The second-order valence-electron chi connectivity index (χ2n) is 4.17. The monoisotopic (exact) mass is 341 g/mol. The lowest BCUT2D eigenvalue weighted by atomic mass is 10.2. The highest BCUT2D eigenvalue weighted by Gasteiger charge is 2.33. The number of hydrogen-bond donors (Lipinski definition) is 1. The van der Waals surface area contributed by atoms with Gasteiger partial charge in [-0.25, -0.2) is 13.2 Å². The predicted molar refractivity (Wildman–Crippen MR) is 67.3 cm³/mol. The smallest absolute Gasteiger partial charge is 0.416 e. The number of benzene rings is 2. The van der Waals surface area contributed by atoms with Gasteiger partial charge in [-0.1, -0.05) is 11.6 Å². The zero-order chi connectivity index (χ0) is 16.7. The molecule has 118 valence electrons. The van der Waals surface area contributed by atoms with Gasteiger partial charge in [0.2, 0.25) is 0 Å². The average Bonchev–Trinajstić information content (AvgIpc) is 2.38. The van der Waals surface area contributed by atoms with Crippen molar-refractivity contribution in [2.45, 2.75) is 6.18 Å². The summed E-state index contributed by atoms with van der Waals surface area (Å²) >= 11 is 5.61. The maximum Gasteiger partial charge on any atom is 0.416 e. The number of alkyl halides is 3. The van der Waals surface area contributed by atoms with Gasteiger partial charge in [-0.15, -0.1) is 0 Å². The maximum absolute atomic E-state index is 13.6. The van der Waals surface area contributed by atoms with E-state index in [-0.39, 0.29) is 17.2 Å². The normalized spacial score (nSPS) is 11.6. The van der Waals surface area contributed by atoms with Gasteiger partial charge < -0.3 is 10.5 Å². The minimum absolute atomic E-state index is 0.0686. The molecule has 0 aliphatic carbocycles. The predicted octanol–water partition coefficient (Wildman–Crippen LogP) is 5.15. The Balaban J connectivity index is 2.45. The molecule has 0 amide bonds. The van der Waals surface area contributed by atoms with Crippen LogP contribution in [-0.4, -0.2) is 0 Å². The molecule has 22 heavy (non-hydrogen) atoms. The summed E-state index contributed by atoms with van der Waals surface area (Å²) in [4.78, 5) is 0. The van der Waals surface area contributed by atoms with Gasteiger partial charge in [-0.05, 0) is 18.2 Å². The van der Waals surface area contributed by atoms with Crippen molar-refractivity contribution in [3.05, 3.63) is 52.3 Å². The Kier molecular flexibility index (Phi) is 4.15. The number of rotatable bonds is 2. The minimum atomic E-state index is -4.92. The number of nitrogen functional groups attached to an aromatic ring is 1. The number of ether oxygens (including phenoxy) is 1. The third kappa shape index (κ3) is 3.22. The molecule has 0 aromatic heterocycles. The summed E-state index contributed by atoms with van der Waals surface area (Å²) in [7, 11) is 0. The van der Waals surface area contributed by atoms with Crippen LogP contribution in [0.15, 0.2) is 24.3 Å². The van der Waals surface area contributed by atoms with Crippen molar-refractivity contribution in [1.82, 2.24) is 0 Å². The lowest BCUT2D eigenvalue weighted by Gasteiger charge is -2.13. The highest BCUT2D eigenvalue weighted by molar-refractivity contribution is 6.32. The number of nitrogens with two attached hydrogens (primary N) is 1. The van der Waals surface area contributed by atoms with Gasteiger partial charge >= 0.3 is 6.18 Å². The molecule has 0 spiro atoms. The van der Waals surface area contributed by atoms with E-state index in [2.05, 4.69) is 0 Å². The Hall–Kier alpha value is -2.09. The molecule has 2 aromatic rings. The molecule has 0 bridgehead atoms. The summed E-state index contributed by atoms with van der Waals surface area (Å²) in [6.07, 6.45) is -4.92. The lowest BCUT2D eigenvalue weighted by molar-refractivity contribution is -0.138. The van der Waals surface area contributed by atoms with E-state index in [1.54, 1.807) is 0 Å². The van der Waals surface area contributed by atoms with Crippen LogP contribution >= 0.6 is 11.6 Å². The highest BCUT2D eigenvalue weighted by atomic mass is 35.5. The summed E-state index contributed by atoms with van der Waals surface area (Å²) in [5.74, 6) is -5.58. The molecule has 0 radical (unpaired) electrons. The van der Waals surface area contributed by atoms with E-state index < -0.39 is 46.4 Å². The molecule has 0 fully saturated rings. The van der Waals surface area contributed by atoms with Gasteiger partial charge in [0.15, 0.2) is 17.4 Å². The molecule has 0 aliphatic rings. The molecule has 2 nitrogen and oxygen atoms in total. The number of halogens is 7. The van der Waals surface area contributed by atoms with Crippen molar-refractivity contribution < 1.29 is 31.1 Å². The van der Waals surface area contributed by atoms with Crippen LogP contribution < -0.4 is 10.5 Å². The van der Waals surface area contributed by atoms with Crippen molar-refractivity contribution in [3.8, 4) is 11.5 Å². The summed E-state index contributed by atoms with van der Waals surface area (Å²) < 4.78 is 82.4. The molecule has 2 aromatic carbocycles. The first-order valence-corrected chi connectivity index (χ1v) is 5.96. The summed E-state index contributed by atoms with van der Waals surface area (Å²) in [5.41, 5.74) is 3.33. The zero-order valence-electron chi connectivity index (χ0n) is 10.4. The summed E-state index contributed by atoms with van der Waals surface area (Å²) in [5, 5.41) is -0.356. The lowest BCUT2D eigenvalue weighted by Crippen LogP contribution is -2.07. The van der Waals surface area contributed by atoms with Crippen LogP contribution in [0.4, 0.5) is 32.0 Å². The molecule has 0 atom stereocenters. The third-order valence-electron chi connectivity index (χ3n) is 2.59. The molecule has 0 saturated heterocycles. The van der Waals surface area contributed by atoms with Crippen molar-refractivity contribution in [1.29, 1.82) is 0 Å². The van der Waals surface area contributed by atoms with E-state index in [9.17, 15) is 26.3 Å². The molecule has 2 N–H and O–H groups in total. The first kappa shape index (κ1) is 16.3. The highest BCUT2D eigenvalue weighted by Crippen LogP contribution is 2.38. The van der Waals surface area contributed by atoms with Crippen molar-refractivity contribution in [3.63, 3.8) is 0 Å². The molecule has 0 unspecified atom stereocenters. The summed E-state index contributed by atoms with van der Waals surface area (Å²) in [6, 6.07) is 1.73. The Morgan fingerprint density at radius 1 is 0.909 bits per heavy atom. The maximum atomic E-state index is 13.6. The third-order valence-corrected chi connectivity index (χ3v) is 2.88. The largest absolute Gasteiger partial charge is 0.450 e. The van der Waals surface area contributed by atoms with Crippen LogP contribution in [0.25, 0.3) is 0 Å². The van der Waals surface area contributed by atoms with Gasteiger partial charge in [0.25, 0.3) is 0 Å². The fourth-order valence-corrected chi connectivity index (χ4v) is 1.74. The van der Waals surface area contributed by atoms with Crippen LogP contribution in [0, 0.1) is 17.5 Å². The van der Waals surface area contributed by atoms with Crippen LogP contribution in [0.3, 0.4) is 0 Å². The van der Waals surface area contributed by atoms with Crippen LogP contribution in [0.1, 0.15) is 5.56 Å². The fourth-order valence-electron chi connectivity index (χ4n) is 1.55. The van der Waals surface area contributed by atoms with Crippen molar-refractivity contribution >= 4 is 17.3 Å². The van der Waals surface area contributed by atoms with Gasteiger partial charge in [-0.3, -0.25) is 0 Å². The van der Waals surface area contributed by atoms with Crippen molar-refractivity contribution in [2.24, 2.45) is 0 Å². The molecule has 0 heterocycles. The standard InChI is InChI=1S/C13H6ClF6NO/c14-6-3-7(15)10(21)4-11(6)22-12-8(16)1-5(2-9(12)17)13(18,19)20/h1-4H,21H2. The van der Waals surface area contributed by atoms with Gasteiger partial charge in [0.05, 0.1) is 16.3 Å². The number of hydrogen-bond acceptors (Lipinski definition) is 2. The minimum Gasteiger partial charge on any atom is -0.450 e. The second kappa shape index (κ2) is 5.60. The van der Waals surface area contributed by atoms with Gasteiger partial charge in [-0.2, -0.15) is 13.2 Å². The van der Waals surface area contributed by atoms with E-state index >= 15 is 0 Å². The van der Waals surface area contributed by atoms with Crippen LogP contribution in [-0.2, 0) is 6.18 Å². The average molecular weight is 342 g/mol. The molecule has 0 aliphatic heterocycles. The molecular weight excluding hydrogens is 336 g/mol. The number of anilines is 1. The molecule has 2 rings (SSSR count). The SMILES string of the molecule is Nc1cc(Oc2c(F)cc(C(F)(F)F)cc2F)c(Cl)cc1F. The van der Waals surface area contributed by atoms with E-state index in [1.165, 1.54) is 0 Å². The van der Waals surface area contributed by atoms with Gasteiger partial charge in [0, 0.05) is 6.07 Å². The van der Waals surface area contributed by atoms with Crippen molar-refractivity contribution in [2.75, 3.05) is 5.73 Å². The molecule has 9 heteroatoms. The molecule has 0 saturated carbocycles. The Morgan fingerprint density at radius 3 is 1.95 bits per heavy atom. The zero-order valence-corrected chi connectivity index (χ0v) is 11.2. The van der Waals surface area contributed by atoms with Crippen LogP contribution in [0.2, 0.25) is 5.02 Å². The van der Waals surface area contributed by atoms with E-state index in [1.807, 2.05) is 0 Å². The Morgan fingerprint density at radius 2 is 1.45 bits per heavy atom. The molecular formula is C13H6ClF6NO. The fraction of sp³-hybridized carbons (Fsp3) is 0.0769. The quantitative estimate of drug-likeness (QED) is 0.605. The first-order chi connectivity index (χ1) is 10.1. The Labute approximate surface area is 125 Å². The van der Waals surface area contributed by atoms with E-state index in [0.717, 1.165) is 12.1 Å².